The van der Waals surface area contributed by atoms with E-state index in [0.29, 0.717) is 0 Å². The second-order valence-electron chi connectivity index (χ2n) is 5.07. The molecule has 0 saturated heterocycles. The van der Waals surface area contributed by atoms with Crippen molar-refractivity contribution in [2.75, 3.05) is 13.6 Å². The number of ether oxygens (including phenoxy) is 1. The molecule has 1 aliphatic heterocycles. The Morgan fingerprint density at radius 3 is 2.91 bits per heavy atom. The van der Waals surface area contributed by atoms with E-state index < -0.39 is 0 Å². The van der Waals surface area contributed by atoms with Gasteiger partial charge in [-0.3, -0.25) is 0 Å². The Bertz CT molecular complexity index is 772. The van der Waals surface area contributed by atoms with Crippen LogP contribution in [0.1, 0.15) is 6.35 Å². The molecule has 1 aromatic heterocycles. The van der Waals surface area contributed by atoms with Crippen LogP contribution in [0.5, 0.6) is 0 Å². The van der Waals surface area contributed by atoms with Crippen LogP contribution in [0, 0.1) is 0 Å². The van der Waals surface area contributed by atoms with Crippen molar-refractivity contribution in [3.05, 3.63) is 73.1 Å². The molecule has 2 aromatic rings. The molecule has 1 atom stereocenters. The largest absolute Gasteiger partial charge is 0.455 e. The van der Waals surface area contributed by atoms with Crippen molar-refractivity contribution in [2.45, 2.75) is 6.35 Å². The van der Waals surface area contributed by atoms with Crippen LogP contribution in [-0.4, -0.2) is 33.5 Å². The summed E-state index contributed by atoms with van der Waals surface area (Å²) < 4.78 is 7.91. The summed E-state index contributed by atoms with van der Waals surface area (Å²) in [7, 11) is 1.98. The number of likely N-dealkylation sites (N-methyl/N-ethyl adjacent to an activating group) is 1. The maximum atomic E-state index is 6.12. The van der Waals surface area contributed by atoms with E-state index in [9.17, 15) is 0 Å². The normalized spacial score (nSPS) is 19.6. The molecule has 1 aromatic carbocycles. The summed E-state index contributed by atoms with van der Waals surface area (Å²) >= 11 is 0. The summed E-state index contributed by atoms with van der Waals surface area (Å²) in [5, 5.41) is 8.43. The summed E-state index contributed by atoms with van der Waals surface area (Å²) in [6.45, 7) is 8.27. The van der Waals surface area contributed by atoms with Crippen molar-refractivity contribution >= 4 is 11.0 Å². The predicted octanol–water partition coefficient (Wildman–Crippen LogP) is 3.03. The number of hydrogen-bond acceptors (Lipinski definition) is 4. The number of hydrogen-bond donors (Lipinski definition) is 0. The molecule has 5 heteroatoms. The summed E-state index contributed by atoms with van der Waals surface area (Å²) in [4.78, 5) is 2.06. The zero-order valence-electron chi connectivity index (χ0n) is 12.5. The fourth-order valence-corrected chi connectivity index (χ4v) is 2.46. The number of fused-ring (bicyclic) bond motifs is 1. The lowest BCUT2D eigenvalue weighted by atomic mass is 10.1. The number of benzene rings is 1. The first kappa shape index (κ1) is 14.3. The number of para-hydroxylation sites is 1. The van der Waals surface area contributed by atoms with Crippen LogP contribution in [0.3, 0.4) is 0 Å². The molecule has 22 heavy (non-hydrogen) atoms. The molecule has 0 spiro atoms. The van der Waals surface area contributed by atoms with E-state index in [1.807, 2.05) is 49.5 Å². The van der Waals surface area contributed by atoms with Crippen molar-refractivity contribution in [3.8, 4) is 0 Å². The van der Waals surface area contributed by atoms with Crippen molar-refractivity contribution in [2.24, 2.45) is 0 Å². The first-order valence-electron chi connectivity index (χ1n) is 7.06. The van der Waals surface area contributed by atoms with Crippen molar-refractivity contribution in [3.63, 3.8) is 0 Å². The third-order valence-corrected chi connectivity index (χ3v) is 3.56. The molecule has 1 unspecified atom stereocenters. The average Bonchev–Trinajstić information content (AvgIpc) is 2.97. The SMILES string of the molecule is C=C/C=C\C1=C(C=C)CN(C)C(n2nnc3ccccc32)O1. The van der Waals surface area contributed by atoms with Crippen LogP contribution < -0.4 is 0 Å². The molecule has 0 N–H and O–H groups in total. The van der Waals surface area contributed by atoms with Gasteiger partial charge in [0.1, 0.15) is 11.3 Å². The lowest BCUT2D eigenvalue weighted by Crippen LogP contribution is -2.37. The quantitative estimate of drug-likeness (QED) is 0.813. The van der Waals surface area contributed by atoms with Crippen LogP contribution >= 0.6 is 0 Å². The van der Waals surface area contributed by atoms with Crippen LogP contribution in [0.25, 0.3) is 11.0 Å². The molecule has 0 fully saturated rings. The molecule has 1 aliphatic rings. The topological polar surface area (TPSA) is 43.2 Å². The van der Waals surface area contributed by atoms with Crippen LogP contribution in [0.2, 0.25) is 0 Å². The molecule has 0 saturated carbocycles. The van der Waals surface area contributed by atoms with E-state index >= 15 is 0 Å². The number of rotatable bonds is 4. The molecular weight excluding hydrogens is 276 g/mol. The second-order valence-corrected chi connectivity index (χ2v) is 5.07. The van der Waals surface area contributed by atoms with Crippen LogP contribution in [0.4, 0.5) is 0 Å². The smallest absolute Gasteiger partial charge is 0.253 e. The Labute approximate surface area is 129 Å². The van der Waals surface area contributed by atoms with E-state index in [1.54, 1.807) is 10.8 Å². The number of nitrogens with zero attached hydrogens (tertiary/aromatic N) is 4. The van der Waals surface area contributed by atoms with Gasteiger partial charge < -0.3 is 4.74 Å². The highest BCUT2D eigenvalue weighted by Gasteiger charge is 2.28. The monoisotopic (exact) mass is 294 g/mol. The van der Waals surface area contributed by atoms with E-state index in [2.05, 4.69) is 28.4 Å². The number of allylic oxidation sites excluding steroid dienone is 3. The Balaban J connectivity index is 2.01. The van der Waals surface area contributed by atoms with Crippen molar-refractivity contribution in [1.82, 2.24) is 19.9 Å². The van der Waals surface area contributed by atoms with Crippen molar-refractivity contribution in [1.29, 1.82) is 0 Å². The fraction of sp³-hybridized carbons (Fsp3) is 0.176. The minimum atomic E-state index is -0.347. The second kappa shape index (κ2) is 5.99. The van der Waals surface area contributed by atoms with Gasteiger partial charge in [0.25, 0.3) is 6.35 Å². The molecule has 112 valence electrons. The standard InChI is InChI=1S/C17H18N4O/c1-4-6-11-16-13(5-2)12-20(3)17(22-16)21-15-10-8-7-9-14(15)18-19-21/h4-11,17H,1-2,12H2,3H3/b11-6-. The maximum absolute atomic E-state index is 6.12. The van der Waals surface area contributed by atoms with Crippen LogP contribution in [0.15, 0.2) is 73.1 Å². The van der Waals surface area contributed by atoms with Crippen LogP contribution in [-0.2, 0) is 4.74 Å². The third kappa shape index (κ3) is 2.46. The Morgan fingerprint density at radius 1 is 1.32 bits per heavy atom. The summed E-state index contributed by atoms with van der Waals surface area (Å²) in [6, 6.07) is 7.83. The van der Waals surface area contributed by atoms with Gasteiger partial charge >= 0.3 is 0 Å². The first-order chi connectivity index (χ1) is 10.7. The number of aromatic nitrogens is 3. The molecule has 0 amide bonds. The minimum Gasteiger partial charge on any atom is -0.455 e. The van der Waals surface area contributed by atoms with Gasteiger partial charge in [-0.25, -0.2) is 4.90 Å². The van der Waals surface area contributed by atoms with Gasteiger partial charge in [-0.15, -0.1) is 5.10 Å². The Morgan fingerprint density at radius 2 is 2.14 bits per heavy atom. The molecule has 0 radical (unpaired) electrons. The van der Waals surface area contributed by atoms with Gasteiger partial charge in [0.05, 0.1) is 5.52 Å². The van der Waals surface area contributed by atoms with Gasteiger partial charge in [-0.05, 0) is 25.3 Å². The zero-order chi connectivity index (χ0) is 15.5. The fourth-order valence-electron chi connectivity index (χ4n) is 2.46. The van der Waals surface area contributed by atoms with Gasteiger partial charge in [0, 0.05) is 12.1 Å². The molecule has 5 nitrogen and oxygen atoms in total. The van der Waals surface area contributed by atoms with E-state index in [1.165, 1.54) is 0 Å². The Kier molecular flexibility index (Phi) is 3.89. The molecule has 0 bridgehead atoms. The predicted molar refractivity (Wildman–Crippen MR) is 86.8 cm³/mol. The molecule has 0 aliphatic carbocycles. The van der Waals surface area contributed by atoms with Gasteiger partial charge in [-0.1, -0.05) is 48.7 Å². The summed E-state index contributed by atoms with van der Waals surface area (Å²) in [5.41, 5.74) is 2.82. The highest BCUT2D eigenvalue weighted by molar-refractivity contribution is 5.73. The maximum Gasteiger partial charge on any atom is 0.253 e. The molecular formula is C17H18N4O. The third-order valence-electron chi connectivity index (χ3n) is 3.56. The lowest BCUT2D eigenvalue weighted by molar-refractivity contribution is -0.0768. The van der Waals surface area contributed by atoms with Gasteiger partial charge in [0.15, 0.2) is 0 Å². The lowest BCUT2D eigenvalue weighted by Gasteiger charge is -2.34. The Hall–Kier alpha value is -2.66. The van der Waals surface area contributed by atoms with Gasteiger partial charge in [-0.2, -0.15) is 4.68 Å². The zero-order valence-corrected chi connectivity index (χ0v) is 12.5. The van der Waals surface area contributed by atoms with Crippen molar-refractivity contribution < 1.29 is 4.74 Å². The van der Waals surface area contributed by atoms with E-state index in [-0.39, 0.29) is 6.35 Å². The molecule has 2 heterocycles. The van der Waals surface area contributed by atoms with Gasteiger partial charge in [0.2, 0.25) is 0 Å². The summed E-state index contributed by atoms with van der Waals surface area (Å²) in [6.07, 6.45) is 6.93. The first-order valence-corrected chi connectivity index (χ1v) is 7.06. The highest BCUT2D eigenvalue weighted by Crippen LogP contribution is 2.29. The molecule has 3 rings (SSSR count). The minimum absolute atomic E-state index is 0.347. The highest BCUT2D eigenvalue weighted by atomic mass is 16.5. The van der Waals surface area contributed by atoms with E-state index in [4.69, 9.17) is 4.74 Å². The summed E-state index contributed by atoms with van der Waals surface area (Å²) in [5.74, 6) is 0.776. The average molecular weight is 294 g/mol. The van der Waals surface area contributed by atoms with E-state index in [0.717, 1.165) is 28.9 Å².